The summed E-state index contributed by atoms with van der Waals surface area (Å²) in [6.45, 7) is 1.83. The van der Waals surface area contributed by atoms with E-state index in [1.807, 2.05) is 24.3 Å². The first-order chi connectivity index (χ1) is 12.1. The molecule has 3 aliphatic rings. The molecule has 0 aliphatic carbocycles. The molecule has 3 saturated heterocycles. The van der Waals surface area contributed by atoms with E-state index in [-0.39, 0.29) is 36.2 Å². The third-order valence-electron chi connectivity index (χ3n) is 6.00. The average molecular weight is 362 g/mol. The second kappa shape index (κ2) is 6.61. The highest BCUT2D eigenvalue weighted by atomic mass is 35.5. The molecule has 5 nitrogen and oxygen atoms in total. The summed E-state index contributed by atoms with van der Waals surface area (Å²) in [6, 6.07) is 7.89. The molecule has 2 bridgehead atoms. The fraction of sp³-hybridized carbons (Fsp3) is 0.579. The van der Waals surface area contributed by atoms with Gasteiger partial charge in [0.2, 0.25) is 11.8 Å². The van der Waals surface area contributed by atoms with Gasteiger partial charge < -0.3 is 15.1 Å². The van der Waals surface area contributed by atoms with Crippen molar-refractivity contribution in [2.45, 2.75) is 43.8 Å². The molecule has 0 spiro atoms. The van der Waals surface area contributed by atoms with Crippen LogP contribution in [0, 0.1) is 5.92 Å². The predicted molar refractivity (Wildman–Crippen MR) is 96.2 cm³/mol. The van der Waals surface area contributed by atoms with Crippen LogP contribution in [0.1, 0.15) is 37.3 Å². The van der Waals surface area contributed by atoms with Gasteiger partial charge in [-0.05, 0) is 43.5 Å². The van der Waals surface area contributed by atoms with Crippen molar-refractivity contribution in [1.82, 2.24) is 15.1 Å². The van der Waals surface area contributed by atoms with E-state index in [9.17, 15) is 9.59 Å². The number of likely N-dealkylation sites (tertiary alicyclic amines) is 1. The van der Waals surface area contributed by atoms with Crippen molar-refractivity contribution in [3.05, 3.63) is 34.9 Å². The van der Waals surface area contributed by atoms with Gasteiger partial charge in [0.05, 0.1) is 12.0 Å². The summed E-state index contributed by atoms with van der Waals surface area (Å²) in [5.41, 5.74) is 0.944. The Hall–Kier alpha value is -1.59. The van der Waals surface area contributed by atoms with Crippen molar-refractivity contribution in [2.24, 2.45) is 5.92 Å². The van der Waals surface area contributed by atoms with Crippen molar-refractivity contribution in [2.75, 3.05) is 20.1 Å². The van der Waals surface area contributed by atoms with E-state index < -0.39 is 0 Å². The van der Waals surface area contributed by atoms with Crippen molar-refractivity contribution in [3.63, 3.8) is 0 Å². The zero-order valence-corrected chi connectivity index (χ0v) is 15.2. The van der Waals surface area contributed by atoms with Crippen LogP contribution in [0.25, 0.3) is 0 Å². The van der Waals surface area contributed by atoms with Crippen LogP contribution in [0.2, 0.25) is 5.02 Å². The van der Waals surface area contributed by atoms with Crippen molar-refractivity contribution < 1.29 is 9.59 Å². The first-order valence-corrected chi connectivity index (χ1v) is 9.48. The van der Waals surface area contributed by atoms with Crippen LogP contribution in [0.5, 0.6) is 0 Å². The predicted octanol–water partition coefficient (Wildman–Crippen LogP) is 2.21. The van der Waals surface area contributed by atoms with E-state index in [1.165, 1.54) is 0 Å². The average Bonchev–Trinajstić information content (AvgIpc) is 3.02. The van der Waals surface area contributed by atoms with Gasteiger partial charge in [-0.2, -0.15) is 0 Å². The number of rotatable bonds is 2. The first kappa shape index (κ1) is 16.9. The van der Waals surface area contributed by atoms with E-state index in [1.54, 1.807) is 11.9 Å². The van der Waals surface area contributed by atoms with Crippen LogP contribution in [-0.4, -0.2) is 53.8 Å². The van der Waals surface area contributed by atoms with Crippen molar-refractivity contribution >= 4 is 23.4 Å². The Balaban J connectivity index is 1.65. The maximum Gasteiger partial charge on any atom is 0.229 e. The van der Waals surface area contributed by atoms with Crippen molar-refractivity contribution in [1.29, 1.82) is 0 Å². The standard InChI is InChI=1S/C19H24ClN3O2/c1-22-17(24)10-16(18(22)12-3-2-4-13(20)9-12)19(25)23-14-5-6-15(23)11-21-8-7-14/h2-4,9,14-16,18,21H,5-8,10-11H2,1H3. The quantitative estimate of drug-likeness (QED) is 0.878. The fourth-order valence-corrected chi connectivity index (χ4v) is 4.97. The molecule has 3 heterocycles. The largest absolute Gasteiger partial charge is 0.338 e. The molecule has 134 valence electrons. The molecule has 25 heavy (non-hydrogen) atoms. The lowest BCUT2D eigenvalue weighted by Gasteiger charge is -2.33. The van der Waals surface area contributed by atoms with Gasteiger partial charge >= 0.3 is 0 Å². The van der Waals surface area contributed by atoms with Crippen LogP contribution in [0.4, 0.5) is 0 Å². The molecule has 1 N–H and O–H groups in total. The molecule has 1 aromatic rings. The van der Waals surface area contributed by atoms with Gasteiger partial charge in [0.1, 0.15) is 0 Å². The molecule has 4 unspecified atom stereocenters. The Kier molecular flexibility index (Phi) is 4.46. The molecule has 4 rings (SSSR count). The lowest BCUT2D eigenvalue weighted by atomic mass is 9.91. The number of fused-ring (bicyclic) bond motifs is 2. The van der Waals surface area contributed by atoms with E-state index in [0.29, 0.717) is 11.1 Å². The Morgan fingerprint density at radius 2 is 2.04 bits per heavy atom. The summed E-state index contributed by atoms with van der Waals surface area (Å²) in [5.74, 6) is -0.153. The zero-order chi connectivity index (χ0) is 17.6. The Morgan fingerprint density at radius 3 is 2.84 bits per heavy atom. The minimum atomic E-state index is -0.322. The van der Waals surface area contributed by atoms with Crippen LogP contribution in [0.3, 0.4) is 0 Å². The number of nitrogens with one attached hydrogen (secondary N) is 1. The topological polar surface area (TPSA) is 52.7 Å². The molecular formula is C19H24ClN3O2. The molecule has 1 aromatic carbocycles. The summed E-state index contributed by atoms with van der Waals surface area (Å²) in [6.07, 6.45) is 3.43. The number of amides is 2. The van der Waals surface area contributed by atoms with Crippen LogP contribution in [0.15, 0.2) is 24.3 Å². The minimum Gasteiger partial charge on any atom is -0.338 e. The highest BCUT2D eigenvalue weighted by Crippen LogP contribution is 2.41. The minimum absolute atomic E-state index is 0.0311. The van der Waals surface area contributed by atoms with E-state index >= 15 is 0 Å². The second-order valence-corrected chi connectivity index (χ2v) is 7.87. The Labute approximate surface area is 153 Å². The molecule has 0 aromatic heterocycles. The molecule has 0 radical (unpaired) electrons. The van der Waals surface area contributed by atoms with Gasteiger partial charge in [0, 0.05) is 37.1 Å². The summed E-state index contributed by atoms with van der Waals surface area (Å²) >= 11 is 6.15. The smallest absolute Gasteiger partial charge is 0.229 e. The molecular weight excluding hydrogens is 338 g/mol. The first-order valence-electron chi connectivity index (χ1n) is 9.10. The maximum atomic E-state index is 13.5. The number of hydrogen-bond acceptors (Lipinski definition) is 3. The number of benzene rings is 1. The third kappa shape index (κ3) is 2.93. The third-order valence-corrected chi connectivity index (χ3v) is 6.24. The van der Waals surface area contributed by atoms with Gasteiger partial charge in [0.15, 0.2) is 0 Å². The van der Waals surface area contributed by atoms with Gasteiger partial charge in [-0.15, -0.1) is 0 Å². The molecule has 0 saturated carbocycles. The fourth-order valence-electron chi connectivity index (χ4n) is 4.77. The number of carbonyl (C=O) groups is 2. The van der Waals surface area contributed by atoms with E-state index in [4.69, 9.17) is 11.6 Å². The monoisotopic (exact) mass is 361 g/mol. The highest BCUT2D eigenvalue weighted by molar-refractivity contribution is 6.30. The summed E-state index contributed by atoms with van der Waals surface area (Å²) < 4.78 is 0. The van der Waals surface area contributed by atoms with Crippen LogP contribution >= 0.6 is 11.6 Å². The SMILES string of the molecule is CN1C(=O)CC(C(=O)N2C3CCNCC2CC3)C1c1cccc(Cl)c1. The molecule has 4 atom stereocenters. The van der Waals surface area contributed by atoms with Crippen LogP contribution in [-0.2, 0) is 9.59 Å². The second-order valence-electron chi connectivity index (χ2n) is 7.44. The number of hydrogen-bond donors (Lipinski definition) is 1. The maximum absolute atomic E-state index is 13.5. The van der Waals surface area contributed by atoms with Gasteiger partial charge in [0.25, 0.3) is 0 Å². The lowest BCUT2D eigenvalue weighted by molar-refractivity contribution is -0.139. The van der Waals surface area contributed by atoms with Crippen LogP contribution < -0.4 is 5.32 Å². The van der Waals surface area contributed by atoms with E-state index in [0.717, 1.165) is 37.9 Å². The molecule has 6 heteroatoms. The highest BCUT2D eigenvalue weighted by Gasteiger charge is 2.48. The number of carbonyl (C=O) groups excluding carboxylic acids is 2. The van der Waals surface area contributed by atoms with Gasteiger partial charge in [-0.3, -0.25) is 9.59 Å². The van der Waals surface area contributed by atoms with Crippen molar-refractivity contribution in [3.8, 4) is 0 Å². The molecule has 3 fully saturated rings. The number of nitrogens with zero attached hydrogens (tertiary/aromatic N) is 2. The Morgan fingerprint density at radius 1 is 1.24 bits per heavy atom. The number of halogens is 1. The zero-order valence-electron chi connectivity index (χ0n) is 14.5. The van der Waals surface area contributed by atoms with Gasteiger partial charge in [-0.1, -0.05) is 23.7 Å². The lowest BCUT2D eigenvalue weighted by Crippen LogP contribution is -2.46. The normalized spacial score (nSPS) is 32.2. The molecule has 3 aliphatic heterocycles. The molecule has 2 amide bonds. The summed E-state index contributed by atoms with van der Waals surface area (Å²) in [7, 11) is 1.79. The van der Waals surface area contributed by atoms with Gasteiger partial charge in [-0.25, -0.2) is 0 Å². The van der Waals surface area contributed by atoms with E-state index in [2.05, 4.69) is 10.2 Å². The Bertz CT molecular complexity index is 681. The summed E-state index contributed by atoms with van der Waals surface area (Å²) in [4.78, 5) is 29.7. The summed E-state index contributed by atoms with van der Waals surface area (Å²) in [5, 5.41) is 4.07.